The van der Waals surface area contributed by atoms with Gasteiger partial charge in [-0.15, -0.1) is 24.8 Å². The Labute approximate surface area is 189 Å². The zero-order valence-electron chi connectivity index (χ0n) is 17.1. The third-order valence-electron chi connectivity index (χ3n) is 4.50. The monoisotopic (exact) mass is 450 g/mol. The van der Waals surface area contributed by atoms with Gasteiger partial charge in [0.15, 0.2) is 5.82 Å². The third kappa shape index (κ3) is 6.19. The maximum atomic E-state index is 12.5. The number of aromatic nitrogens is 3. The van der Waals surface area contributed by atoms with Gasteiger partial charge in [0.25, 0.3) is 5.91 Å². The van der Waals surface area contributed by atoms with Crippen molar-refractivity contribution >= 4 is 42.1 Å². The topological polar surface area (TPSA) is 99.9 Å². The van der Waals surface area contributed by atoms with Crippen LogP contribution in [0, 0.1) is 0 Å². The number of anilines is 2. The van der Waals surface area contributed by atoms with Gasteiger partial charge in [0.2, 0.25) is 0 Å². The van der Waals surface area contributed by atoms with Crippen LogP contribution in [0.2, 0.25) is 0 Å². The quantitative estimate of drug-likeness (QED) is 0.475. The molecular weight excluding hydrogens is 423 g/mol. The number of halogens is 2. The number of H-pyrrole nitrogens is 1. The van der Waals surface area contributed by atoms with Gasteiger partial charge in [0.05, 0.1) is 6.54 Å². The van der Waals surface area contributed by atoms with Crippen molar-refractivity contribution in [3.05, 3.63) is 59.9 Å². The molecule has 0 unspecified atom stereocenters. The summed E-state index contributed by atoms with van der Waals surface area (Å²) in [7, 11) is 0. The lowest BCUT2D eigenvalue weighted by Gasteiger charge is -2.22. The molecule has 0 aliphatic carbocycles. The van der Waals surface area contributed by atoms with E-state index >= 15 is 0 Å². The van der Waals surface area contributed by atoms with E-state index in [4.69, 9.17) is 5.73 Å². The highest BCUT2D eigenvalue weighted by molar-refractivity contribution is 6.04. The zero-order chi connectivity index (χ0) is 19.9. The number of carbonyl (C=O) groups is 1. The van der Waals surface area contributed by atoms with Gasteiger partial charge in [0, 0.05) is 35.6 Å². The van der Waals surface area contributed by atoms with E-state index in [1.54, 1.807) is 0 Å². The number of hydrogen-bond donors (Lipinski definition) is 3. The van der Waals surface area contributed by atoms with E-state index < -0.39 is 0 Å². The molecule has 162 valence electrons. The van der Waals surface area contributed by atoms with Crippen molar-refractivity contribution in [1.82, 2.24) is 15.2 Å². The molecule has 0 spiro atoms. The number of amides is 1. The SMILES string of the molecule is CCCN(CC)c1ccc(C(=O)Nc2ccc(-c3n[nH]c(CN)n3)cc2)cc1.Cl.Cl. The maximum Gasteiger partial charge on any atom is 0.255 e. The maximum absolute atomic E-state index is 12.5. The van der Waals surface area contributed by atoms with Crippen molar-refractivity contribution in [3.8, 4) is 11.4 Å². The van der Waals surface area contributed by atoms with Crippen molar-refractivity contribution in [2.24, 2.45) is 5.73 Å². The molecule has 7 nitrogen and oxygen atoms in total. The molecule has 0 aliphatic rings. The molecule has 4 N–H and O–H groups in total. The van der Waals surface area contributed by atoms with Gasteiger partial charge in [-0.2, -0.15) is 5.10 Å². The van der Waals surface area contributed by atoms with Gasteiger partial charge in [-0.3, -0.25) is 9.89 Å². The standard InChI is InChI=1S/C21H26N6O.2ClH/c1-3-13-27(4-2)18-11-7-16(8-12-18)21(28)23-17-9-5-15(6-10-17)20-24-19(14-22)25-26-20;;/h5-12H,3-4,13-14,22H2,1-2H3,(H,23,28)(H,24,25,26);2*1H. The highest BCUT2D eigenvalue weighted by Crippen LogP contribution is 2.20. The van der Waals surface area contributed by atoms with E-state index in [2.05, 4.69) is 39.2 Å². The van der Waals surface area contributed by atoms with Crippen LogP contribution in [0.3, 0.4) is 0 Å². The minimum absolute atomic E-state index is 0. The summed E-state index contributed by atoms with van der Waals surface area (Å²) in [6.45, 7) is 6.56. The lowest BCUT2D eigenvalue weighted by molar-refractivity contribution is 0.102. The number of hydrogen-bond acceptors (Lipinski definition) is 5. The lowest BCUT2D eigenvalue weighted by atomic mass is 10.1. The second-order valence-electron chi connectivity index (χ2n) is 6.47. The van der Waals surface area contributed by atoms with Crippen molar-refractivity contribution < 1.29 is 4.79 Å². The average Bonchev–Trinajstić information content (AvgIpc) is 3.22. The van der Waals surface area contributed by atoms with Gasteiger partial charge < -0.3 is 16.0 Å². The van der Waals surface area contributed by atoms with Gasteiger partial charge in [-0.1, -0.05) is 6.92 Å². The number of benzene rings is 2. The number of aromatic amines is 1. The van der Waals surface area contributed by atoms with E-state index in [0.29, 0.717) is 29.4 Å². The molecule has 2 aromatic carbocycles. The molecule has 0 radical (unpaired) electrons. The Kier molecular flexibility index (Phi) is 10.3. The van der Waals surface area contributed by atoms with Crippen LogP contribution in [0.15, 0.2) is 48.5 Å². The lowest BCUT2D eigenvalue weighted by Crippen LogP contribution is -2.23. The number of nitrogens with one attached hydrogen (secondary N) is 2. The minimum atomic E-state index is -0.138. The predicted molar refractivity (Wildman–Crippen MR) is 127 cm³/mol. The van der Waals surface area contributed by atoms with Crippen LogP contribution in [0.25, 0.3) is 11.4 Å². The van der Waals surface area contributed by atoms with Crippen LogP contribution in [-0.2, 0) is 6.54 Å². The van der Waals surface area contributed by atoms with Gasteiger partial charge in [-0.25, -0.2) is 4.98 Å². The third-order valence-corrected chi connectivity index (χ3v) is 4.50. The average molecular weight is 451 g/mol. The van der Waals surface area contributed by atoms with Crippen LogP contribution in [0.1, 0.15) is 36.5 Å². The van der Waals surface area contributed by atoms with Crippen molar-refractivity contribution in [3.63, 3.8) is 0 Å². The largest absolute Gasteiger partial charge is 0.372 e. The fraction of sp³-hybridized carbons (Fsp3) is 0.286. The molecule has 3 aromatic rings. The van der Waals surface area contributed by atoms with Crippen LogP contribution >= 0.6 is 24.8 Å². The highest BCUT2D eigenvalue weighted by atomic mass is 35.5. The summed E-state index contributed by atoms with van der Waals surface area (Å²) in [6.07, 6.45) is 1.09. The van der Waals surface area contributed by atoms with Crippen LogP contribution in [0.4, 0.5) is 11.4 Å². The van der Waals surface area contributed by atoms with E-state index in [9.17, 15) is 4.79 Å². The van der Waals surface area contributed by atoms with Crippen LogP contribution in [-0.4, -0.2) is 34.2 Å². The number of carbonyl (C=O) groups excluding carboxylic acids is 1. The van der Waals surface area contributed by atoms with Crippen molar-refractivity contribution in [1.29, 1.82) is 0 Å². The molecule has 0 atom stereocenters. The van der Waals surface area contributed by atoms with E-state index in [1.165, 1.54) is 0 Å². The molecule has 0 aliphatic heterocycles. The molecule has 1 amide bonds. The fourth-order valence-electron chi connectivity index (χ4n) is 2.98. The molecular formula is C21H28Cl2N6O. The first-order chi connectivity index (χ1) is 13.6. The first-order valence-electron chi connectivity index (χ1n) is 9.52. The number of rotatable bonds is 8. The smallest absolute Gasteiger partial charge is 0.255 e. The van der Waals surface area contributed by atoms with E-state index in [0.717, 1.165) is 30.8 Å². The first-order valence-corrected chi connectivity index (χ1v) is 9.52. The second kappa shape index (κ2) is 12.2. The minimum Gasteiger partial charge on any atom is -0.372 e. The Hall–Kier alpha value is -2.61. The molecule has 30 heavy (non-hydrogen) atoms. The molecule has 0 saturated carbocycles. The van der Waals surface area contributed by atoms with E-state index in [-0.39, 0.29) is 30.7 Å². The summed E-state index contributed by atoms with van der Waals surface area (Å²) in [4.78, 5) is 19.1. The molecule has 9 heteroatoms. The zero-order valence-corrected chi connectivity index (χ0v) is 18.7. The molecule has 0 bridgehead atoms. The Morgan fingerprint density at radius 1 is 1.07 bits per heavy atom. The van der Waals surface area contributed by atoms with Crippen molar-refractivity contribution in [2.45, 2.75) is 26.8 Å². The molecule has 1 aromatic heterocycles. The Morgan fingerprint density at radius 2 is 1.73 bits per heavy atom. The number of nitrogens with zero attached hydrogens (tertiary/aromatic N) is 3. The summed E-state index contributed by atoms with van der Waals surface area (Å²) in [5.74, 6) is 1.08. The van der Waals surface area contributed by atoms with E-state index in [1.807, 2.05) is 48.5 Å². The molecule has 3 rings (SSSR count). The molecule has 0 saturated heterocycles. The molecule has 0 fully saturated rings. The fourth-order valence-corrected chi connectivity index (χ4v) is 2.98. The predicted octanol–water partition coefficient (Wildman–Crippen LogP) is 4.26. The summed E-state index contributed by atoms with van der Waals surface area (Å²) in [5, 5.41) is 9.84. The Balaban J connectivity index is 0.00000225. The summed E-state index contributed by atoms with van der Waals surface area (Å²) < 4.78 is 0. The second-order valence-corrected chi connectivity index (χ2v) is 6.47. The van der Waals surface area contributed by atoms with Crippen LogP contribution in [0.5, 0.6) is 0 Å². The summed E-state index contributed by atoms with van der Waals surface area (Å²) >= 11 is 0. The number of nitrogens with two attached hydrogens (primary N) is 1. The summed E-state index contributed by atoms with van der Waals surface area (Å²) in [6, 6.07) is 15.1. The first kappa shape index (κ1) is 25.4. The van der Waals surface area contributed by atoms with Crippen LogP contribution < -0.4 is 16.0 Å². The van der Waals surface area contributed by atoms with Gasteiger partial charge in [0.1, 0.15) is 5.82 Å². The van der Waals surface area contributed by atoms with Gasteiger partial charge >= 0.3 is 0 Å². The van der Waals surface area contributed by atoms with Gasteiger partial charge in [-0.05, 0) is 61.9 Å². The highest BCUT2D eigenvalue weighted by Gasteiger charge is 2.09. The van der Waals surface area contributed by atoms with Crippen molar-refractivity contribution in [2.75, 3.05) is 23.3 Å². The normalized spacial score (nSPS) is 9.97. The molecule has 1 heterocycles. The summed E-state index contributed by atoms with van der Waals surface area (Å²) in [5.41, 5.74) is 8.87. The Bertz CT molecular complexity index is 912. The Morgan fingerprint density at radius 3 is 2.27 bits per heavy atom.